The van der Waals surface area contributed by atoms with Crippen LogP contribution in [-0.2, 0) is 0 Å². The molecule has 1 amide bonds. The molecule has 8 heteroatoms. The van der Waals surface area contributed by atoms with Gasteiger partial charge in [0.15, 0.2) is 0 Å². The van der Waals surface area contributed by atoms with E-state index >= 15 is 0 Å². The first kappa shape index (κ1) is 16.2. The van der Waals surface area contributed by atoms with Crippen molar-refractivity contribution >= 4 is 17.3 Å². The zero-order valence-corrected chi connectivity index (χ0v) is 13.2. The maximum Gasteiger partial charge on any atom is 0.282 e. The second-order valence-electron chi connectivity index (χ2n) is 5.11. The molecule has 0 saturated heterocycles. The maximum atomic E-state index is 12.4. The Bertz CT molecular complexity index is 905. The first-order chi connectivity index (χ1) is 12.1. The molecule has 0 aliphatic carbocycles. The Kier molecular flexibility index (Phi) is 4.42. The van der Waals surface area contributed by atoms with Gasteiger partial charge in [-0.1, -0.05) is 0 Å². The average molecular weight is 338 g/mol. The summed E-state index contributed by atoms with van der Waals surface area (Å²) >= 11 is 0. The van der Waals surface area contributed by atoms with Gasteiger partial charge < -0.3 is 14.6 Å². The number of aromatic nitrogens is 2. The van der Waals surface area contributed by atoms with Gasteiger partial charge in [0.25, 0.3) is 11.6 Å². The van der Waals surface area contributed by atoms with Crippen LogP contribution in [0.4, 0.5) is 11.4 Å². The molecule has 0 atom stereocenters. The number of hydrogen-bond acceptors (Lipinski definition) is 5. The normalized spacial score (nSPS) is 10.3. The van der Waals surface area contributed by atoms with Gasteiger partial charge in [0.05, 0.1) is 18.4 Å². The second-order valence-corrected chi connectivity index (χ2v) is 5.11. The average Bonchev–Trinajstić information content (AvgIpc) is 3.16. The van der Waals surface area contributed by atoms with Crippen molar-refractivity contribution in [2.24, 2.45) is 0 Å². The van der Waals surface area contributed by atoms with Gasteiger partial charge in [-0.15, -0.1) is 0 Å². The van der Waals surface area contributed by atoms with Crippen molar-refractivity contribution in [1.29, 1.82) is 0 Å². The van der Waals surface area contributed by atoms with Gasteiger partial charge in [-0.25, -0.2) is 4.98 Å². The molecule has 1 aromatic heterocycles. The smallest absolute Gasteiger partial charge is 0.282 e. The van der Waals surface area contributed by atoms with Crippen molar-refractivity contribution in [3.8, 4) is 11.4 Å². The van der Waals surface area contributed by atoms with E-state index in [1.54, 1.807) is 43.0 Å². The third kappa shape index (κ3) is 3.47. The largest absolute Gasteiger partial charge is 0.497 e. The van der Waals surface area contributed by atoms with Crippen molar-refractivity contribution in [1.82, 2.24) is 9.55 Å². The molecule has 0 aliphatic rings. The molecule has 126 valence electrons. The lowest BCUT2D eigenvalue weighted by Gasteiger charge is -2.08. The van der Waals surface area contributed by atoms with Gasteiger partial charge in [0.2, 0.25) is 0 Å². The first-order valence-corrected chi connectivity index (χ1v) is 7.30. The van der Waals surface area contributed by atoms with E-state index in [4.69, 9.17) is 4.74 Å². The number of benzene rings is 2. The highest BCUT2D eigenvalue weighted by Gasteiger charge is 2.21. The number of nitrogens with one attached hydrogen (secondary N) is 1. The lowest BCUT2D eigenvalue weighted by molar-refractivity contribution is -0.385. The van der Waals surface area contributed by atoms with Crippen LogP contribution in [0.1, 0.15) is 10.4 Å². The molecular weight excluding hydrogens is 324 g/mol. The highest BCUT2D eigenvalue weighted by Crippen LogP contribution is 2.25. The number of nitro benzene ring substituents is 1. The minimum Gasteiger partial charge on any atom is -0.497 e. The summed E-state index contributed by atoms with van der Waals surface area (Å²) in [6, 6.07) is 11.0. The number of nitro groups is 1. The first-order valence-electron chi connectivity index (χ1n) is 7.30. The summed E-state index contributed by atoms with van der Waals surface area (Å²) in [4.78, 5) is 26.9. The lowest BCUT2D eigenvalue weighted by atomic mass is 10.1. The van der Waals surface area contributed by atoms with E-state index in [9.17, 15) is 14.9 Å². The van der Waals surface area contributed by atoms with E-state index in [1.165, 1.54) is 25.3 Å². The molecule has 1 heterocycles. The molecule has 0 saturated carbocycles. The molecule has 0 aliphatic heterocycles. The van der Waals surface area contributed by atoms with Crippen LogP contribution in [0.15, 0.2) is 61.2 Å². The number of rotatable bonds is 5. The fraction of sp³-hybridized carbons (Fsp3) is 0.0588. The second kappa shape index (κ2) is 6.83. The number of amides is 1. The van der Waals surface area contributed by atoms with Crippen molar-refractivity contribution in [2.45, 2.75) is 0 Å². The van der Waals surface area contributed by atoms with Crippen LogP contribution in [0.25, 0.3) is 5.69 Å². The summed E-state index contributed by atoms with van der Waals surface area (Å²) in [6.45, 7) is 0. The molecule has 3 rings (SSSR count). The molecule has 0 bridgehead atoms. The minimum absolute atomic E-state index is 0.0666. The Morgan fingerprint density at radius 1 is 1.24 bits per heavy atom. The predicted molar refractivity (Wildman–Crippen MR) is 91.2 cm³/mol. The van der Waals surface area contributed by atoms with Crippen molar-refractivity contribution in [2.75, 3.05) is 12.4 Å². The summed E-state index contributed by atoms with van der Waals surface area (Å²) in [5.74, 6) is -0.216. The minimum atomic E-state index is -0.601. The number of anilines is 1. The third-order valence-corrected chi connectivity index (χ3v) is 3.57. The van der Waals surface area contributed by atoms with Gasteiger partial charge in [-0.3, -0.25) is 14.9 Å². The number of methoxy groups -OCH3 is 1. The van der Waals surface area contributed by atoms with Gasteiger partial charge in [0.1, 0.15) is 11.3 Å². The predicted octanol–water partition coefficient (Wildman–Crippen LogP) is 3.04. The SMILES string of the molecule is COc1ccc([N+](=O)[O-])c(C(=O)Nc2ccc(-n3ccnc3)cc2)c1. The van der Waals surface area contributed by atoms with Crippen LogP contribution in [0.5, 0.6) is 5.75 Å². The molecule has 0 unspecified atom stereocenters. The molecule has 8 nitrogen and oxygen atoms in total. The van der Waals surface area contributed by atoms with Gasteiger partial charge in [0, 0.05) is 29.8 Å². The zero-order valence-electron chi connectivity index (χ0n) is 13.2. The molecule has 0 spiro atoms. The summed E-state index contributed by atoms with van der Waals surface area (Å²) in [5, 5.41) is 13.8. The monoisotopic (exact) mass is 338 g/mol. The van der Waals surface area contributed by atoms with E-state index in [2.05, 4.69) is 10.3 Å². The molecule has 0 radical (unpaired) electrons. The van der Waals surface area contributed by atoms with Crippen LogP contribution in [0.3, 0.4) is 0 Å². The topological polar surface area (TPSA) is 99.3 Å². The Labute approximate surface area is 142 Å². The third-order valence-electron chi connectivity index (χ3n) is 3.57. The van der Waals surface area contributed by atoms with E-state index in [1.807, 2.05) is 4.57 Å². The highest BCUT2D eigenvalue weighted by molar-refractivity contribution is 6.07. The van der Waals surface area contributed by atoms with Crippen LogP contribution < -0.4 is 10.1 Å². The number of nitrogens with zero attached hydrogens (tertiary/aromatic N) is 3. The van der Waals surface area contributed by atoms with Crippen LogP contribution >= 0.6 is 0 Å². The number of ether oxygens (including phenoxy) is 1. The number of carbonyl (C=O) groups excluding carboxylic acids is 1. The van der Waals surface area contributed by atoms with Crippen LogP contribution in [-0.4, -0.2) is 27.5 Å². The molecule has 2 aromatic carbocycles. The van der Waals surface area contributed by atoms with E-state index < -0.39 is 10.8 Å². The lowest BCUT2D eigenvalue weighted by Crippen LogP contribution is -2.14. The zero-order chi connectivity index (χ0) is 17.8. The standard InChI is InChI=1S/C17H14N4O4/c1-25-14-6-7-16(21(23)24)15(10-14)17(22)19-12-2-4-13(5-3-12)20-9-8-18-11-20/h2-11H,1H3,(H,19,22). The van der Waals surface area contributed by atoms with E-state index in [-0.39, 0.29) is 11.3 Å². The Balaban J connectivity index is 1.83. The Morgan fingerprint density at radius 3 is 2.60 bits per heavy atom. The maximum absolute atomic E-state index is 12.4. The Morgan fingerprint density at radius 2 is 2.00 bits per heavy atom. The number of hydrogen-bond donors (Lipinski definition) is 1. The van der Waals surface area contributed by atoms with Crippen LogP contribution in [0.2, 0.25) is 0 Å². The van der Waals surface area contributed by atoms with E-state index in [0.29, 0.717) is 11.4 Å². The number of carbonyl (C=O) groups is 1. The Hall–Kier alpha value is -3.68. The van der Waals surface area contributed by atoms with Crippen molar-refractivity contribution in [3.05, 3.63) is 76.9 Å². The van der Waals surface area contributed by atoms with Gasteiger partial charge in [-0.2, -0.15) is 0 Å². The quantitative estimate of drug-likeness (QED) is 0.569. The summed E-state index contributed by atoms with van der Waals surface area (Å²) in [5.41, 5.74) is 1.05. The summed E-state index contributed by atoms with van der Waals surface area (Å²) < 4.78 is 6.85. The van der Waals surface area contributed by atoms with Gasteiger partial charge >= 0.3 is 0 Å². The van der Waals surface area contributed by atoms with Crippen molar-refractivity contribution in [3.63, 3.8) is 0 Å². The van der Waals surface area contributed by atoms with E-state index in [0.717, 1.165) is 5.69 Å². The van der Waals surface area contributed by atoms with Crippen LogP contribution in [0, 0.1) is 10.1 Å². The molecule has 3 aromatic rings. The molecule has 1 N–H and O–H groups in total. The molecule has 0 fully saturated rings. The fourth-order valence-electron chi connectivity index (χ4n) is 2.31. The molecule has 25 heavy (non-hydrogen) atoms. The van der Waals surface area contributed by atoms with Gasteiger partial charge in [-0.05, 0) is 36.4 Å². The van der Waals surface area contributed by atoms with Crippen molar-refractivity contribution < 1.29 is 14.5 Å². The molecular formula is C17H14N4O4. The number of imidazole rings is 1. The fourth-order valence-corrected chi connectivity index (χ4v) is 2.31. The summed E-state index contributed by atoms with van der Waals surface area (Å²) in [6.07, 6.45) is 5.12. The highest BCUT2D eigenvalue weighted by atomic mass is 16.6. The summed E-state index contributed by atoms with van der Waals surface area (Å²) in [7, 11) is 1.43.